The second kappa shape index (κ2) is 8.19. The number of carbonyl (C=O) groups excluding carboxylic acids is 1. The molecule has 5 fully saturated rings. The predicted octanol–water partition coefficient (Wildman–Crippen LogP) is 2.46. The molecule has 1 saturated carbocycles. The van der Waals surface area contributed by atoms with E-state index in [-0.39, 0.29) is 24.1 Å². The molecule has 6 N–H and O–H groups in total. The maximum absolute atomic E-state index is 13.5. The van der Waals surface area contributed by atoms with E-state index in [4.69, 9.17) is 14.2 Å². The summed E-state index contributed by atoms with van der Waals surface area (Å²) in [5, 5.41) is 72.6. The molecule has 5 aliphatic rings. The van der Waals surface area contributed by atoms with E-state index >= 15 is 0 Å². The Hall–Kier alpha value is -2.97. The highest BCUT2D eigenvalue weighted by Gasteiger charge is 3.04. The fourth-order valence-electron chi connectivity index (χ4n) is 9.30. The van der Waals surface area contributed by atoms with Gasteiger partial charge in [-0.15, -0.1) is 5.11 Å². The maximum atomic E-state index is 13.5. The summed E-state index contributed by atoms with van der Waals surface area (Å²) in [6, 6.07) is 11.6. The van der Waals surface area contributed by atoms with Gasteiger partial charge >= 0.3 is 5.97 Å². The van der Waals surface area contributed by atoms with Crippen LogP contribution in [-0.2, 0) is 14.2 Å². The minimum Gasteiger partial charge on any atom is -0.449 e. The molecule has 4 saturated heterocycles. The van der Waals surface area contributed by atoms with E-state index in [0.717, 1.165) is 0 Å². The molecule has 1 aromatic carbocycles. The van der Waals surface area contributed by atoms with E-state index in [9.17, 15) is 30.3 Å². The zero-order valence-electron chi connectivity index (χ0n) is 24.4. The Bertz CT molecular complexity index is 1550. The lowest BCUT2D eigenvalue weighted by Crippen LogP contribution is -2.94. The lowest BCUT2D eigenvalue weighted by Gasteiger charge is -2.74. The number of fused-ring (bicyclic) bond motifs is 4. The number of azo groups is 1. The van der Waals surface area contributed by atoms with Crippen LogP contribution in [0.2, 0.25) is 0 Å². The van der Waals surface area contributed by atoms with Gasteiger partial charge in [-0.2, -0.15) is 5.11 Å². The van der Waals surface area contributed by atoms with Gasteiger partial charge in [-0.05, 0) is 55.5 Å². The Morgan fingerprint density at radius 2 is 1.79 bits per heavy atom. The highest BCUT2D eigenvalue weighted by atomic mass is 16.8. The van der Waals surface area contributed by atoms with Gasteiger partial charge in [0.25, 0.3) is 0 Å². The standard InChI is InChI=1S/C31H37N3O9/c1-17(2)28(39)23(41-22(36)20-12-9-15-32-20)30(40)24(4)16-27(38)25(28,5)31(43-30,34-33-19-10-7-6-8-11-19)29(42-27)21(35)18(3)13-14-26(24,29)37/h6-12,15,17,21,23,32,35,37-40H,3,13-14,16H2,1-2,4-5H3/t21?,23?,24-,25-,26-,27-,28+,29+,30-,31+/m0/s1. The molecule has 4 aliphatic heterocycles. The molecular weight excluding hydrogens is 558 g/mol. The third kappa shape index (κ3) is 2.69. The summed E-state index contributed by atoms with van der Waals surface area (Å²) < 4.78 is 19.1. The van der Waals surface area contributed by atoms with Crippen LogP contribution in [0, 0.1) is 16.7 Å². The van der Waals surface area contributed by atoms with Crippen molar-refractivity contribution in [2.45, 2.75) is 93.3 Å². The third-order valence-corrected chi connectivity index (χ3v) is 11.6. The smallest absolute Gasteiger partial charge is 0.355 e. The van der Waals surface area contributed by atoms with Crippen molar-refractivity contribution in [1.82, 2.24) is 4.98 Å². The molecule has 1 spiro atoms. The molecule has 12 nitrogen and oxygen atoms in total. The van der Waals surface area contributed by atoms with Crippen molar-refractivity contribution in [3.05, 3.63) is 66.5 Å². The number of H-pyrrole nitrogens is 1. The van der Waals surface area contributed by atoms with Crippen LogP contribution in [0.25, 0.3) is 0 Å². The molecule has 43 heavy (non-hydrogen) atoms. The Kier molecular flexibility index (Phi) is 5.48. The van der Waals surface area contributed by atoms with Crippen molar-refractivity contribution in [3.8, 4) is 0 Å². The van der Waals surface area contributed by atoms with Crippen LogP contribution in [0.1, 0.15) is 57.4 Å². The summed E-state index contributed by atoms with van der Waals surface area (Å²) in [7, 11) is 0. The number of nitrogens with one attached hydrogen (secondary N) is 1. The second-order valence-electron chi connectivity index (χ2n) is 13.5. The first-order valence-corrected chi connectivity index (χ1v) is 14.5. The van der Waals surface area contributed by atoms with Crippen LogP contribution in [-0.4, -0.2) is 82.8 Å². The number of ether oxygens (including phenoxy) is 3. The third-order valence-electron chi connectivity index (χ3n) is 11.6. The van der Waals surface area contributed by atoms with Gasteiger partial charge in [0, 0.05) is 12.6 Å². The van der Waals surface area contributed by atoms with Crippen molar-refractivity contribution >= 4 is 11.7 Å². The molecule has 1 aliphatic carbocycles. The zero-order chi connectivity index (χ0) is 31.1. The Morgan fingerprint density at radius 1 is 1.09 bits per heavy atom. The Balaban J connectivity index is 1.58. The van der Waals surface area contributed by atoms with Crippen LogP contribution in [0.15, 0.2) is 71.0 Å². The van der Waals surface area contributed by atoms with E-state index in [2.05, 4.69) is 21.8 Å². The van der Waals surface area contributed by atoms with Gasteiger partial charge in [0.2, 0.25) is 11.5 Å². The summed E-state index contributed by atoms with van der Waals surface area (Å²) in [5.41, 5.74) is -12.5. The molecular formula is C31H37N3O9. The molecule has 2 aromatic rings. The van der Waals surface area contributed by atoms with E-state index in [1.54, 1.807) is 50.2 Å². The second-order valence-corrected chi connectivity index (χ2v) is 13.5. The topological polar surface area (TPSA) is 186 Å². The number of aliphatic hydroxyl groups is 5. The van der Waals surface area contributed by atoms with Gasteiger partial charge in [0.05, 0.1) is 11.1 Å². The number of carbonyl (C=O) groups is 1. The molecule has 10 atom stereocenters. The fourth-order valence-corrected chi connectivity index (χ4v) is 9.30. The molecule has 0 amide bonds. The summed E-state index contributed by atoms with van der Waals surface area (Å²) in [4.78, 5) is 16.2. The number of aromatic nitrogens is 1. The van der Waals surface area contributed by atoms with Gasteiger partial charge in [-0.25, -0.2) is 4.79 Å². The molecule has 12 heteroatoms. The minimum absolute atomic E-state index is 0.0487. The van der Waals surface area contributed by atoms with Gasteiger partial charge < -0.3 is 44.7 Å². The SMILES string of the molecule is C=C1CC[C@]2(O)[C@]3(C)C[C@]4(O)O[C@@]2(C1O)[C@]1(N=Nc2ccccc2)O[C@@]3(O)C(OC(=O)c2ccc[nH]2)[C@](O)(C(C)C)[C@@]14C. The highest BCUT2D eigenvalue weighted by molar-refractivity contribution is 5.87. The normalized spacial score (nSPS) is 49.6. The monoisotopic (exact) mass is 595 g/mol. The first kappa shape index (κ1) is 28.8. The number of hydrogen-bond donors (Lipinski definition) is 6. The number of aliphatic hydroxyl groups excluding tert-OH is 1. The summed E-state index contributed by atoms with van der Waals surface area (Å²) in [6.45, 7) is 10.2. The Labute approximate surface area is 248 Å². The van der Waals surface area contributed by atoms with Crippen molar-refractivity contribution in [3.63, 3.8) is 0 Å². The summed E-state index contributed by atoms with van der Waals surface area (Å²) >= 11 is 0. The number of nitrogens with zero attached hydrogens (tertiary/aromatic N) is 2. The van der Waals surface area contributed by atoms with Crippen molar-refractivity contribution in [2.24, 2.45) is 27.0 Å². The van der Waals surface area contributed by atoms with Gasteiger partial charge in [0.15, 0.2) is 17.5 Å². The van der Waals surface area contributed by atoms with Crippen LogP contribution in [0.4, 0.5) is 5.69 Å². The van der Waals surface area contributed by atoms with Crippen molar-refractivity contribution in [2.75, 3.05) is 0 Å². The maximum Gasteiger partial charge on any atom is 0.355 e. The lowest BCUT2D eigenvalue weighted by atomic mass is 9.43. The molecule has 230 valence electrons. The molecule has 5 heterocycles. The van der Waals surface area contributed by atoms with E-state index in [1.807, 2.05) is 0 Å². The van der Waals surface area contributed by atoms with Crippen LogP contribution >= 0.6 is 0 Å². The van der Waals surface area contributed by atoms with Crippen LogP contribution in [0.5, 0.6) is 0 Å². The molecule has 0 radical (unpaired) electrons. The minimum atomic E-state index is -2.67. The van der Waals surface area contributed by atoms with Crippen molar-refractivity contribution in [1.29, 1.82) is 0 Å². The number of hydrogen-bond acceptors (Lipinski definition) is 11. The lowest BCUT2D eigenvalue weighted by molar-refractivity contribution is -0.516. The van der Waals surface area contributed by atoms with Crippen LogP contribution in [0.3, 0.4) is 0 Å². The van der Waals surface area contributed by atoms with E-state index in [1.165, 1.54) is 26.1 Å². The van der Waals surface area contributed by atoms with Crippen molar-refractivity contribution < 1.29 is 44.5 Å². The molecule has 5 bridgehead atoms. The molecule has 1 aromatic heterocycles. The fraction of sp³-hybridized carbons (Fsp3) is 0.581. The highest BCUT2D eigenvalue weighted by Crippen LogP contribution is 2.85. The predicted molar refractivity (Wildman–Crippen MR) is 148 cm³/mol. The summed E-state index contributed by atoms with van der Waals surface area (Å²) in [6.07, 6.45) is -2.39. The molecule has 7 rings (SSSR count). The number of rotatable bonds is 5. The van der Waals surface area contributed by atoms with E-state index in [0.29, 0.717) is 5.69 Å². The van der Waals surface area contributed by atoms with E-state index < -0.39 is 75.4 Å². The van der Waals surface area contributed by atoms with Crippen LogP contribution < -0.4 is 0 Å². The van der Waals surface area contributed by atoms with Gasteiger partial charge in [-0.1, -0.05) is 45.5 Å². The molecule has 2 unspecified atom stereocenters. The number of benzene rings is 1. The number of aromatic amines is 1. The summed E-state index contributed by atoms with van der Waals surface area (Å²) in [5.74, 6) is -6.81. The quantitative estimate of drug-likeness (QED) is 0.172. The Morgan fingerprint density at radius 3 is 2.42 bits per heavy atom. The first-order chi connectivity index (χ1) is 20.1. The average Bonchev–Trinajstić information content (AvgIpc) is 3.54. The van der Waals surface area contributed by atoms with Gasteiger partial charge in [0.1, 0.15) is 28.4 Å². The number of esters is 1. The largest absolute Gasteiger partial charge is 0.449 e. The average molecular weight is 596 g/mol. The van der Waals surface area contributed by atoms with Gasteiger partial charge in [-0.3, -0.25) is 0 Å². The zero-order valence-corrected chi connectivity index (χ0v) is 24.4. The first-order valence-electron chi connectivity index (χ1n) is 14.5.